The maximum Gasteiger partial charge on any atom is 0.257 e. The van der Waals surface area contributed by atoms with Crippen LogP contribution in [0.15, 0.2) is 59.5 Å². The Hall–Kier alpha value is -3.35. The van der Waals surface area contributed by atoms with Crippen LogP contribution < -0.4 is 0 Å². The molecule has 0 aliphatic carbocycles. The number of carbonyl (C=O) groups is 2. The summed E-state index contributed by atoms with van der Waals surface area (Å²) >= 11 is 0. The minimum Gasteiger partial charge on any atom is -0.472 e. The third kappa shape index (κ3) is 3.94. The lowest BCUT2D eigenvalue weighted by Gasteiger charge is -2.34. The number of amides is 2. The molecular formula is C22H24N4O3. The molecule has 4 rings (SSSR count). The Kier molecular flexibility index (Phi) is 5.46. The number of benzene rings is 1. The quantitative estimate of drug-likeness (QED) is 0.669. The van der Waals surface area contributed by atoms with Crippen LogP contribution in [0.25, 0.3) is 0 Å². The SMILES string of the molecule is CCc1c(C(=O)N2CCN(C(=O)c3ccoc3)CC2)cnn1Cc1ccccc1. The molecule has 3 aromatic rings. The van der Waals surface area contributed by atoms with E-state index >= 15 is 0 Å². The highest BCUT2D eigenvalue weighted by Crippen LogP contribution is 2.17. The number of hydrogen-bond donors (Lipinski definition) is 0. The summed E-state index contributed by atoms with van der Waals surface area (Å²) in [7, 11) is 0. The van der Waals surface area contributed by atoms with Crippen LogP contribution in [0.5, 0.6) is 0 Å². The standard InChI is InChI=1S/C22H24N4O3/c1-2-20-19(14-23-26(20)15-17-6-4-3-5-7-17)22(28)25-11-9-24(10-12-25)21(27)18-8-13-29-16-18/h3-8,13-14,16H,2,9-12,15H2,1H3. The highest BCUT2D eigenvalue weighted by Gasteiger charge is 2.28. The number of nitrogens with zero attached hydrogens (tertiary/aromatic N) is 4. The summed E-state index contributed by atoms with van der Waals surface area (Å²) in [5.74, 6) is -0.0765. The van der Waals surface area contributed by atoms with Crippen molar-refractivity contribution in [3.05, 3.63) is 77.5 Å². The predicted octanol–water partition coefficient (Wildman–Crippen LogP) is 2.69. The van der Waals surface area contributed by atoms with Crippen LogP contribution in [0.2, 0.25) is 0 Å². The average molecular weight is 392 g/mol. The van der Waals surface area contributed by atoms with Gasteiger partial charge in [0.25, 0.3) is 11.8 Å². The zero-order valence-electron chi connectivity index (χ0n) is 16.5. The first-order chi connectivity index (χ1) is 14.2. The highest BCUT2D eigenvalue weighted by atomic mass is 16.3. The largest absolute Gasteiger partial charge is 0.472 e. The molecule has 0 atom stereocenters. The minimum atomic E-state index is -0.0595. The Bertz CT molecular complexity index is 971. The summed E-state index contributed by atoms with van der Waals surface area (Å²) < 4.78 is 6.90. The van der Waals surface area contributed by atoms with Crippen LogP contribution in [-0.2, 0) is 13.0 Å². The Morgan fingerprint density at radius 2 is 1.69 bits per heavy atom. The highest BCUT2D eigenvalue weighted by molar-refractivity contribution is 5.96. The second kappa shape index (κ2) is 8.34. The summed E-state index contributed by atoms with van der Waals surface area (Å²) in [5.41, 5.74) is 3.28. The molecule has 0 spiro atoms. The van der Waals surface area contributed by atoms with E-state index in [4.69, 9.17) is 4.42 Å². The van der Waals surface area contributed by atoms with Crippen molar-refractivity contribution in [1.29, 1.82) is 0 Å². The summed E-state index contributed by atoms with van der Waals surface area (Å²) in [6.45, 7) is 4.72. The molecule has 1 aliphatic heterocycles. The number of hydrogen-bond acceptors (Lipinski definition) is 4. The molecule has 1 aromatic carbocycles. The van der Waals surface area contributed by atoms with E-state index in [9.17, 15) is 9.59 Å². The average Bonchev–Trinajstić information content (AvgIpc) is 3.44. The third-order valence-corrected chi connectivity index (χ3v) is 5.31. The molecule has 29 heavy (non-hydrogen) atoms. The van der Waals surface area contributed by atoms with Crippen LogP contribution in [0.4, 0.5) is 0 Å². The minimum absolute atomic E-state index is 0.0171. The van der Waals surface area contributed by atoms with Gasteiger partial charge in [0, 0.05) is 26.2 Å². The normalized spacial score (nSPS) is 14.2. The van der Waals surface area contributed by atoms with Crippen molar-refractivity contribution in [1.82, 2.24) is 19.6 Å². The molecule has 1 saturated heterocycles. The summed E-state index contributed by atoms with van der Waals surface area (Å²) in [6.07, 6.45) is 5.35. The van der Waals surface area contributed by atoms with Gasteiger partial charge in [-0.25, -0.2) is 0 Å². The zero-order valence-corrected chi connectivity index (χ0v) is 16.5. The van der Waals surface area contributed by atoms with Gasteiger partial charge in [0.05, 0.1) is 35.8 Å². The number of rotatable bonds is 5. The van der Waals surface area contributed by atoms with Gasteiger partial charge in [-0.15, -0.1) is 0 Å². The smallest absolute Gasteiger partial charge is 0.257 e. The molecule has 2 amide bonds. The summed E-state index contributed by atoms with van der Waals surface area (Å²) in [4.78, 5) is 29.1. The molecule has 0 radical (unpaired) electrons. The number of piperazine rings is 1. The van der Waals surface area contributed by atoms with Crippen LogP contribution in [0, 0.1) is 0 Å². The van der Waals surface area contributed by atoms with Gasteiger partial charge in [0.1, 0.15) is 6.26 Å². The molecule has 7 heteroatoms. The van der Waals surface area contributed by atoms with Crippen molar-refractivity contribution < 1.29 is 14.0 Å². The molecule has 2 aromatic heterocycles. The Labute approximate surface area is 169 Å². The fourth-order valence-electron chi connectivity index (χ4n) is 3.71. The van der Waals surface area contributed by atoms with E-state index in [1.807, 2.05) is 34.7 Å². The first-order valence-electron chi connectivity index (χ1n) is 9.86. The Morgan fingerprint density at radius 1 is 1.00 bits per heavy atom. The summed E-state index contributed by atoms with van der Waals surface area (Å²) in [6, 6.07) is 11.8. The molecule has 1 aliphatic rings. The van der Waals surface area contributed by atoms with Gasteiger partial charge in [0.15, 0.2) is 0 Å². The van der Waals surface area contributed by atoms with Crippen LogP contribution in [0.3, 0.4) is 0 Å². The second-order valence-corrected chi connectivity index (χ2v) is 7.10. The predicted molar refractivity (Wildman–Crippen MR) is 108 cm³/mol. The maximum atomic E-state index is 13.1. The molecule has 150 valence electrons. The van der Waals surface area contributed by atoms with Crippen LogP contribution in [-0.4, -0.2) is 57.6 Å². The lowest BCUT2D eigenvalue weighted by atomic mass is 10.1. The van der Waals surface area contributed by atoms with Crippen molar-refractivity contribution in [3.63, 3.8) is 0 Å². The molecule has 0 saturated carbocycles. The van der Waals surface area contributed by atoms with Gasteiger partial charge in [-0.05, 0) is 18.1 Å². The van der Waals surface area contributed by atoms with Gasteiger partial charge in [-0.2, -0.15) is 5.10 Å². The maximum absolute atomic E-state index is 13.1. The number of aromatic nitrogens is 2. The number of furan rings is 1. The fraction of sp³-hybridized carbons (Fsp3) is 0.318. The van der Waals surface area contributed by atoms with Crippen molar-refractivity contribution in [2.45, 2.75) is 19.9 Å². The van der Waals surface area contributed by atoms with E-state index in [0.29, 0.717) is 43.9 Å². The van der Waals surface area contributed by atoms with Crippen molar-refractivity contribution in [3.8, 4) is 0 Å². The van der Waals surface area contributed by atoms with Crippen molar-refractivity contribution in [2.24, 2.45) is 0 Å². The molecule has 7 nitrogen and oxygen atoms in total. The number of carbonyl (C=O) groups excluding carboxylic acids is 2. The molecule has 1 fully saturated rings. The monoisotopic (exact) mass is 392 g/mol. The summed E-state index contributed by atoms with van der Waals surface area (Å²) in [5, 5.41) is 4.47. The van der Waals surface area contributed by atoms with Gasteiger partial charge in [0.2, 0.25) is 0 Å². The Morgan fingerprint density at radius 3 is 2.31 bits per heavy atom. The van der Waals surface area contributed by atoms with E-state index in [1.165, 1.54) is 12.5 Å². The van der Waals surface area contributed by atoms with Crippen LogP contribution in [0.1, 0.15) is 38.9 Å². The van der Waals surface area contributed by atoms with Gasteiger partial charge in [-0.3, -0.25) is 14.3 Å². The lowest BCUT2D eigenvalue weighted by Crippen LogP contribution is -2.50. The lowest BCUT2D eigenvalue weighted by molar-refractivity contribution is 0.0534. The topological polar surface area (TPSA) is 71.6 Å². The molecular weight excluding hydrogens is 368 g/mol. The molecule has 0 N–H and O–H groups in total. The van der Waals surface area contributed by atoms with Crippen molar-refractivity contribution >= 4 is 11.8 Å². The first kappa shape index (κ1) is 19.0. The van der Waals surface area contributed by atoms with E-state index in [-0.39, 0.29) is 11.8 Å². The Balaban J connectivity index is 1.43. The van der Waals surface area contributed by atoms with Gasteiger partial charge in [-0.1, -0.05) is 37.3 Å². The fourth-order valence-corrected chi connectivity index (χ4v) is 3.71. The molecule has 0 bridgehead atoms. The van der Waals surface area contributed by atoms with Gasteiger partial charge >= 0.3 is 0 Å². The first-order valence-corrected chi connectivity index (χ1v) is 9.86. The third-order valence-electron chi connectivity index (χ3n) is 5.31. The molecule has 3 heterocycles. The van der Waals surface area contributed by atoms with E-state index in [1.54, 1.807) is 17.2 Å². The van der Waals surface area contributed by atoms with Gasteiger partial charge < -0.3 is 14.2 Å². The second-order valence-electron chi connectivity index (χ2n) is 7.10. The zero-order chi connectivity index (χ0) is 20.2. The van der Waals surface area contributed by atoms with Crippen LogP contribution >= 0.6 is 0 Å². The van der Waals surface area contributed by atoms with Crippen molar-refractivity contribution in [2.75, 3.05) is 26.2 Å². The van der Waals surface area contributed by atoms with E-state index in [2.05, 4.69) is 17.2 Å². The van der Waals surface area contributed by atoms with E-state index in [0.717, 1.165) is 17.7 Å². The molecule has 0 unspecified atom stereocenters. The van der Waals surface area contributed by atoms with E-state index < -0.39 is 0 Å².